The van der Waals surface area contributed by atoms with E-state index in [2.05, 4.69) is 5.32 Å². The van der Waals surface area contributed by atoms with Crippen LogP contribution >= 0.6 is 0 Å². The maximum Gasteiger partial charge on any atom is 0.227 e. The molecule has 78 valence electrons. The predicted octanol–water partition coefficient (Wildman–Crippen LogP) is 2.29. The average molecular weight is 206 g/mol. The third kappa shape index (κ3) is 2.78. The lowest BCUT2D eigenvalue weighted by Gasteiger charge is -2.08. The molecular weight excluding hydrogens is 195 g/mol. The lowest BCUT2D eigenvalue weighted by atomic mass is 10.2. The highest BCUT2D eigenvalue weighted by molar-refractivity contribution is 5.92. The SMILES string of the molecule is CC(C)C(=O)Nc1ccc(C#N)cc1F. The number of amides is 1. The molecular formula is C11H11FN2O. The fourth-order valence-corrected chi connectivity index (χ4v) is 0.963. The maximum absolute atomic E-state index is 13.3. The summed E-state index contributed by atoms with van der Waals surface area (Å²) in [5.41, 5.74) is 0.336. The van der Waals surface area contributed by atoms with Crippen molar-refractivity contribution in [1.29, 1.82) is 5.26 Å². The van der Waals surface area contributed by atoms with Crippen LogP contribution in [-0.2, 0) is 4.79 Å². The van der Waals surface area contributed by atoms with Gasteiger partial charge in [-0.1, -0.05) is 13.8 Å². The van der Waals surface area contributed by atoms with Gasteiger partial charge < -0.3 is 5.32 Å². The molecule has 0 bridgehead atoms. The monoisotopic (exact) mass is 206 g/mol. The molecule has 0 aromatic heterocycles. The Morgan fingerprint density at radius 1 is 1.53 bits per heavy atom. The van der Waals surface area contributed by atoms with Crippen molar-refractivity contribution in [3.63, 3.8) is 0 Å². The van der Waals surface area contributed by atoms with Gasteiger partial charge in [0.25, 0.3) is 0 Å². The fourth-order valence-electron chi connectivity index (χ4n) is 0.963. The number of hydrogen-bond acceptors (Lipinski definition) is 2. The van der Waals surface area contributed by atoms with Gasteiger partial charge in [-0.3, -0.25) is 4.79 Å². The number of benzene rings is 1. The lowest BCUT2D eigenvalue weighted by molar-refractivity contribution is -0.118. The smallest absolute Gasteiger partial charge is 0.227 e. The van der Waals surface area contributed by atoms with Gasteiger partial charge in [-0.15, -0.1) is 0 Å². The zero-order valence-corrected chi connectivity index (χ0v) is 8.54. The summed E-state index contributed by atoms with van der Waals surface area (Å²) in [7, 11) is 0. The van der Waals surface area contributed by atoms with Gasteiger partial charge in [0.15, 0.2) is 0 Å². The molecule has 0 heterocycles. The molecule has 1 aromatic carbocycles. The number of carbonyl (C=O) groups excluding carboxylic acids is 1. The van der Waals surface area contributed by atoms with Crippen LogP contribution in [0, 0.1) is 23.1 Å². The number of halogens is 1. The van der Waals surface area contributed by atoms with E-state index in [1.165, 1.54) is 12.1 Å². The zero-order valence-electron chi connectivity index (χ0n) is 8.54. The summed E-state index contributed by atoms with van der Waals surface area (Å²) in [6.45, 7) is 3.44. The number of nitrogens with zero attached hydrogens (tertiary/aromatic N) is 1. The second-order valence-corrected chi connectivity index (χ2v) is 3.45. The summed E-state index contributed by atoms with van der Waals surface area (Å²) in [5, 5.41) is 11.0. The standard InChI is InChI=1S/C11H11FN2O/c1-7(2)11(15)14-10-4-3-8(6-13)5-9(10)12/h3-5,7H,1-2H3,(H,14,15). The van der Waals surface area contributed by atoms with E-state index in [1.54, 1.807) is 13.8 Å². The van der Waals surface area contributed by atoms with Gasteiger partial charge in [0, 0.05) is 5.92 Å². The Bertz CT molecular complexity index is 421. The van der Waals surface area contributed by atoms with Gasteiger partial charge in [0.2, 0.25) is 5.91 Å². The van der Waals surface area contributed by atoms with Crippen molar-refractivity contribution in [2.24, 2.45) is 5.92 Å². The van der Waals surface area contributed by atoms with E-state index in [0.29, 0.717) is 0 Å². The van der Waals surface area contributed by atoms with E-state index in [4.69, 9.17) is 5.26 Å². The molecule has 3 nitrogen and oxygen atoms in total. The second-order valence-electron chi connectivity index (χ2n) is 3.45. The number of carbonyl (C=O) groups is 1. The van der Waals surface area contributed by atoms with E-state index in [1.807, 2.05) is 6.07 Å². The predicted molar refractivity (Wildman–Crippen MR) is 54.6 cm³/mol. The van der Waals surface area contributed by atoms with Crippen LogP contribution in [0.5, 0.6) is 0 Å². The molecule has 0 atom stereocenters. The summed E-state index contributed by atoms with van der Waals surface area (Å²) >= 11 is 0. The summed E-state index contributed by atoms with van der Waals surface area (Å²) in [6, 6.07) is 5.75. The van der Waals surface area contributed by atoms with Gasteiger partial charge in [-0.2, -0.15) is 5.26 Å². The molecule has 0 unspecified atom stereocenters. The van der Waals surface area contributed by atoms with Gasteiger partial charge in [0.1, 0.15) is 5.82 Å². The number of nitriles is 1. The highest BCUT2D eigenvalue weighted by Gasteiger charge is 2.10. The number of rotatable bonds is 2. The van der Waals surface area contributed by atoms with Crippen molar-refractivity contribution in [2.75, 3.05) is 5.32 Å². The Labute approximate surface area is 87.5 Å². The van der Waals surface area contributed by atoms with E-state index in [0.717, 1.165) is 6.07 Å². The molecule has 15 heavy (non-hydrogen) atoms. The third-order valence-corrected chi connectivity index (χ3v) is 1.88. The molecule has 0 fully saturated rings. The first-order valence-electron chi connectivity index (χ1n) is 4.55. The van der Waals surface area contributed by atoms with Crippen molar-refractivity contribution in [3.05, 3.63) is 29.6 Å². The Hall–Kier alpha value is -1.89. The largest absolute Gasteiger partial charge is 0.323 e. The van der Waals surface area contributed by atoms with Crippen LogP contribution in [0.15, 0.2) is 18.2 Å². The molecule has 1 aromatic rings. The first kappa shape index (κ1) is 11.2. The minimum absolute atomic E-state index is 0.104. The molecule has 0 aliphatic rings. The van der Waals surface area contributed by atoms with Crippen LogP contribution in [0.1, 0.15) is 19.4 Å². The average Bonchev–Trinajstić information content (AvgIpc) is 2.20. The maximum atomic E-state index is 13.3. The summed E-state index contributed by atoms with van der Waals surface area (Å²) < 4.78 is 13.3. The summed E-state index contributed by atoms with van der Waals surface area (Å²) in [6.07, 6.45) is 0. The number of hydrogen-bond donors (Lipinski definition) is 1. The van der Waals surface area contributed by atoms with Crippen LogP contribution in [0.2, 0.25) is 0 Å². The van der Waals surface area contributed by atoms with Crippen molar-refractivity contribution in [3.8, 4) is 6.07 Å². The molecule has 0 saturated carbocycles. The number of anilines is 1. The lowest BCUT2D eigenvalue weighted by Crippen LogP contribution is -2.18. The van der Waals surface area contributed by atoms with Crippen LogP contribution in [0.25, 0.3) is 0 Å². The van der Waals surface area contributed by atoms with Crippen LogP contribution in [0.4, 0.5) is 10.1 Å². The highest BCUT2D eigenvalue weighted by atomic mass is 19.1. The van der Waals surface area contributed by atoms with E-state index in [9.17, 15) is 9.18 Å². The minimum atomic E-state index is -0.594. The highest BCUT2D eigenvalue weighted by Crippen LogP contribution is 2.16. The van der Waals surface area contributed by atoms with Gasteiger partial charge in [-0.05, 0) is 18.2 Å². The van der Waals surface area contributed by atoms with E-state index < -0.39 is 5.82 Å². The molecule has 1 rings (SSSR count). The first-order valence-corrected chi connectivity index (χ1v) is 4.55. The van der Waals surface area contributed by atoms with E-state index >= 15 is 0 Å². The van der Waals surface area contributed by atoms with Gasteiger partial charge in [-0.25, -0.2) is 4.39 Å². The first-order chi connectivity index (χ1) is 7.04. The van der Waals surface area contributed by atoms with Crippen molar-refractivity contribution < 1.29 is 9.18 Å². The molecule has 1 N–H and O–H groups in total. The topological polar surface area (TPSA) is 52.9 Å². The molecule has 0 spiro atoms. The Morgan fingerprint density at radius 3 is 2.67 bits per heavy atom. The third-order valence-electron chi connectivity index (χ3n) is 1.88. The van der Waals surface area contributed by atoms with Gasteiger partial charge in [0.05, 0.1) is 17.3 Å². The van der Waals surface area contributed by atoms with E-state index in [-0.39, 0.29) is 23.1 Å². The van der Waals surface area contributed by atoms with Gasteiger partial charge >= 0.3 is 0 Å². The zero-order chi connectivity index (χ0) is 11.4. The minimum Gasteiger partial charge on any atom is -0.323 e. The van der Waals surface area contributed by atoms with Crippen LogP contribution in [-0.4, -0.2) is 5.91 Å². The molecule has 0 radical (unpaired) electrons. The van der Waals surface area contributed by atoms with Crippen molar-refractivity contribution >= 4 is 11.6 Å². The molecule has 0 aliphatic heterocycles. The number of nitrogens with one attached hydrogen (secondary N) is 1. The molecule has 0 saturated heterocycles. The van der Waals surface area contributed by atoms with Crippen molar-refractivity contribution in [1.82, 2.24) is 0 Å². The normalized spacial score (nSPS) is 9.80. The van der Waals surface area contributed by atoms with Crippen molar-refractivity contribution in [2.45, 2.75) is 13.8 Å². The van der Waals surface area contributed by atoms with Crippen LogP contribution < -0.4 is 5.32 Å². The Balaban J connectivity index is 2.89. The fraction of sp³-hybridized carbons (Fsp3) is 0.273. The molecule has 1 amide bonds. The Kier molecular flexibility index (Phi) is 3.40. The quantitative estimate of drug-likeness (QED) is 0.807. The van der Waals surface area contributed by atoms with Crippen LogP contribution in [0.3, 0.4) is 0 Å². The second kappa shape index (κ2) is 4.56. The Morgan fingerprint density at radius 2 is 2.20 bits per heavy atom. The molecule has 0 aliphatic carbocycles. The molecule has 4 heteroatoms. The summed E-state index contributed by atoms with van der Waals surface area (Å²) in [5.74, 6) is -1.05. The summed E-state index contributed by atoms with van der Waals surface area (Å²) in [4.78, 5) is 11.3.